The van der Waals surface area contributed by atoms with Crippen LogP contribution in [0.15, 0.2) is 6.07 Å². The Kier molecular flexibility index (Phi) is 6.34. The number of carbonyl (C=O) groups excluding carboxylic acids is 1. The molecule has 0 atom stereocenters. The average molecular weight is 348 g/mol. The van der Waals surface area contributed by atoms with Crippen LogP contribution in [0.1, 0.15) is 30.3 Å². The topological polar surface area (TPSA) is 48.4 Å². The van der Waals surface area contributed by atoms with Gasteiger partial charge in [-0.05, 0) is 6.92 Å². The SMILES string of the molecule is CCOC(=O)Cc1c(OC(F)(F)F)cc(CCl)nc1C(F)F. The zero-order chi connectivity index (χ0) is 16.9. The first-order chi connectivity index (χ1) is 10.2. The lowest BCUT2D eigenvalue weighted by atomic mass is 10.1. The minimum absolute atomic E-state index is 0.0501. The summed E-state index contributed by atoms with van der Waals surface area (Å²) < 4.78 is 71.4. The van der Waals surface area contributed by atoms with E-state index in [1.165, 1.54) is 6.92 Å². The summed E-state index contributed by atoms with van der Waals surface area (Å²) in [7, 11) is 0. The van der Waals surface area contributed by atoms with Crippen molar-refractivity contribution in [3.05, 3.63) is 23.0 Å². The van der Waals surface area contributed by atoms with E-state index in [-0.39, 0.29) is 12.3 Å². The van der Waals surface area contributed by atoms with Crippen LogP contribution >= 0.6 is 11.6 Å². The Hall–Kier alpha value is -1.64. The highest BCUT2D eigenvalue weighted by Gasteiger charge is 2.34. The summed E-state index contributed by atoms with van der Waals surface area (Å²) >= 11 is 5.42. The monoisotopic (exact) mass is 347 g/mol. The second-order valence-electron chi connectivity index (χ2n) is 3.94. The van der Waals surface area contributed by atoms with E-state index >= 15 is 0 Å². The summed E-state index contributed by atoms with van der Waals surface area (Å²) in [5, 5.41) is 0. The number of halogens is 6. The molecule has 0 aliphatic carbocycles. The van der Waals surface area contributed by atoms with Crippen LogP contribution in [0, 0.1) is 0 Å². The zero-order valence-electron chi connectivity index (χ0n) is 11.2. The molecule has 4 nitrogen and oxygen atoms in total. The Balaban J connectivity index is 3.35. The number of nitrogens with zero attached hydrogens (tertiary/aromatic N) is 1. The summed E-state index contributed by atoms with van der Waals surface area (Å²) in [5.74, 6) is -2.31. The van der Waals surface area contributed by atoms with Crippen LogP contribution in [0.2, 0.25) is 0 Å². The summed E-state index contributed by atoms with van der Waals surface area (Å²) in [6, 6.07) is 0.765. The fourth-order valence-corrected chi connectivity index (χ4v) is 1.75. The van der Waals surface area contributed by atoms with Crippen molar-refractivity contribution in [1.82, 2.24) is 4.98 Å². The van der Waals surface area contributed by atoms with Gasteiger partial charge >= 0.3 is 12.3 Å². The van der Waals surface area contributed by atoms with E-state index in [0.29, 0.717) is 0 Å². The lowest BCUT2D eigenvalue weighted by Crippen LogP contribution is -2.21. The lowest BCUT2D eigenvalue weighted by Gasteiger charge is -2.17. The zero-order valence-corrected chi connectivity index (χ0v) is 12.0. The van der Waals surface area contributed by atoms with Crippen LogP contribution in [0.25, 0.3) is 0 Å². The molecule has 1 heterocycles. The van der Waals surface area contributed by atoms with Crippen LogP contribution < -0.4 is 4.74 Å². The average Bonchev–Trinajstić information content (AvgIpc) is 2.38. The van der Waals surface area contributed by atoms with Gasteiger partial charge in [0.05, 0.1) is 24.6 Å². The van der Waals surface area contributed by atoms with E-state index < -0.39 is 48.1 Å². The van der Waals surface area contributed by atoms with Crippen LogP contribution in [0.3, 0.4) is 0 Å². The van der Waals surface area contributed by atoms with Crippen LogP contribution in [-0.2, 0) is 21.8 Å². The van der Waals surface area contributed by atoms with Crippen molar-refractivity contribution in [1.29, 1.82) is 0 Å². The van der Waals surface area contributed by atoms with Gasteiger partial charge in [0.1, 0.15) is 11.4 Å². The Bertz CT molecular complexity index is 536. The summed E-state index contributed by atoms with van der Waals surface area (Å²) in [4.78, 5) is 14.9. The number of pyridine rings is 1. The molecular weight excluding hydrogens is 337 g/mol. The molecule has 0 saturated heterocycles. The number of ether oxygens (including phenoxy) is 2. The van der Waals surface area contributed by atoms with Crippen LogP contribution in [-0.4, -0.2) is 23.9 Å². The predicted molar refractivity (Wildman–Crippen MR) is 65.8 cm³/mol. The second-order valence-corrected chi connectivity index (χ2v) is 4.21. The number of aromatic nitrogens is 1. The third-order valence-corrected chi connectivity index (χ3v) is 2.64. The van der Waals surface area contributed by atoms with E-state index in [4.69, 9.17) is 11.6 Å². The second kappa shape index (κ2) is 7.57. The Morgan fingerprint density at radius 3 is 2.50 bits per heavy atom. The smallest absolute Gasteiger partial charge is 0.466 e. The lowest BCUT2D eigenvalue weighted by molar-refractivity contribution is -0.275. The quantitative estimate of drug-likeness (QED) is 0.446. The summed E-state index contributed by atoms with van der Waals surface area (Å²) in [6.07, 6.45) is -9.15. The largest absolute Gasteiger partial charge is 0.573 e. The molecule has 1 aromatic rings. The van der Waals surface area contributed by atoms with Crippen molar-refractivity contribution in [3.63, 3.8) is 0 Å². The van der Waals surface area contributed by atoms with Gasteiger partial charge < -0.3 is 9.47 Å². The molecule has 0 spiro atoms. The number of rotatable bonds is 6. The molecule has 0 bridgehead atoms. The molecule has 0 radical (unpaired) electrons. The predicted octanol–water partition coefficient (Wildman–Crippen LogP) is 3.76. The summed E-state index contributed by atoms with van der Waals surface area (Å²) in [5.41, 5.74) is -1.91. The molecule has 0 aliphatic heterocycles. The number of esters is 1. The van der Waals surface area contributed by atoms with Gasteiger partial charge in [-0.25, -0.2) is 8.78 Å². The van der Waals surface area contributed by atoms with Crippen molar-refractivity contribution < 1.29 is 36.2 Å². The van der Waals surface area contributed by atoms with Crippen LogP contribution in [0.5, 0.6) is 5.75 Å². The molecule has 0 fully saturated rings. The molecule has 0 unspecified atom stereocenters. The first-order valence-corrected chi connectivity index (χ1v) is 6.49. The molecule has 1 aromatic heterocycles. The number of alkyl halides is 6. The van der Waals surface area contributed by atoms with Gasteiger partial charge in [-0.3, -0.25) is 9.78 Å². The van der Waals surface area contributed by atoms with E-state index in [1.54, 1.807) is 0 Å². The van der Waals surface area contributed by atoms with E-state index in [2.05, 4.69) is 14.5 Å². The highest BCUT2D eigenvalue weighted by atomic mass is 35.5. The third-order valence-electron chi connectivity index (χ3n) is 2.36. The Morgan fingerprint density at radius 2 is 2.05 bits per heavy atom. The fraction of sp³-hybridized carbons (Fsp3) is 0.500. The van der Waals surface area contributed by atoms with Gasteiger partial charge in [0.25, 0.3) is 6.43 Å². The van der Waals surface area contributed by atoms with Gasteiger partial charge in [-0.1, -0.05) is 0 Å². The van der Waals surface area contributed by atoms with Crippen molar-refractivity contribution in [2.75, 3.05) is 6.61 Å². The maximum Gasteiger partial charge on any atom is 0.573 e. The van der Waals surface area contributed by atoms with Crippen molar-refractivity contribution in [2.24, 2.45) is 0 Å². The van der Waals surface area contributed by atoms with E-state index in [1.807, 2.05) is 0 Å². The Morgan fingerprint density at radius 1 is 1.41 bits per heavy atom. The molecule has 22 heavy (non-hydrogen) atoms. The van der Waals surface area contributed by atoms with Crippen molar-refractivity contribution in [3.8, 4) is 5.75 Å². The van der Waals surface area contributed by atoms with Crippen molar-refractivity contribution in [2.45, 2.75) is 32.0 Å². The van der Waals surface area contributed by atoms with E-state index in [0.717, 1.165) is 6.07 Å². The molecule has 1 rings (SSSR count). The minimum Gasteiger partial charge on any atom is -0.466 e. The fourth-order valence-electron chi connectivity index (χ4n) is 1.62. The van der Waals surface area contributed by atoms with Gasteiger partial charge in [0.2, 0.25) is 0 Å². The normalized spacial score (nSPS) is 11.6. The number of carbonyl (C=O) groups is 1. The number of hydrogen-bond donors (Lipinski definition) is 0. The molecule has 0 aliphatic rings. The molecular formula is C12H11ClF5NO3. The number of hydrogen-bond acceptors (Lipinski definition) is 4. The van der Waals surface area contributed by atoms with Gasteiger partial charge in [-0.2, -0.15) is 0 Å². The van der Waals surface area contributed by atoms with Crippen molar-refractivity contribution >= 4 is 17.6 Å². The molecule has 0 aromatic carbocycles. The van der Waals surface area contributed by atoms with Crippen LogP contribution in [0.4, 0.5) is 22.0 Å². The first kappa shape index (κ1) is 18.4. The first-order valence-electron chi connectivity index (χ1n) is 5.96. The third kappa shape index (κ3) is 5.28. The molecule has 0 N–H and O–H groups in total. The van der Waals surface area contributed by atoms with Gasteiger partial charge in [-0.15, -0.1) is 24.8 Å². The highest BCUT2D eigenvalue weighted by Crippen LogP contribution is 2.33. The summed E-state index contributed by atoms with van der Waals surface area (Å²) in [6.45, 7) is 1.42. The maximum atomic E-state index is 13.0. The van der Waals surface area contributed by atoms with E-state index in [9.17, 15) is 26.7 Å². The molecule has 0 amide bonds. The Labute approximate surface area is 127 Å². The molecule has 0 saturated carbocycles. The maximum absolute atomic E-state index is 13.0. The van der Waals surface area contributed by atoms with Gasteiger partial charge in [0.15, 0.2) is 0 Å². The standard InChI is InChI=1S/C12H11ClF5NO3/c1-2-21-9(20)4-7-8(22-12(16,17)18)3-6(5-13)19-10(7)11(14)15/h3,11H,2,4-5H2,1H3. The molecule has 124 valence electrons. The van der Waals surface area contributed by atoms with Gasteiger partial charge in [0, 0.05) is 11.6 Å². The minimum atomic E-state index is -5.12. The molecule has 10 heteroatoms. The highest BCUT2D eigenvalue weighted by molar-refractivity contribution is 6.16.